The lowest BCUT2D eigenvalue weighted by molar-refractivity contribution is 0.413. The molecule has 0 atom stereocenters. The third kappa shape index (κ3) is 1.59. The van der Waals surface area contributed by atoms with Crippen molar-refractivity contribution in [2.75, 3.05) is 7.11 Å². The zero-order valence-corrected chi connectivity index (χ0v) is 8.14. The predicted octanol–water partition coefficient (Wildman–Crippen LogP) is 1.49. The summed E-state index contributed by atoms with van der Waals surface area (Å²) in [5.41, 5.74) is 1.72. The van der Waals surface area contributed by atoms with Gasteiger partial charge in [0.05, 0.1) is 19.0 Å². The number of aryl methyl sites for hydroxylation is 1. The highest BCUT2D eigenvalue weighted by molar-refractivity contribution is 5.53. The Hall–Kier alpha value is -1.84. The first-order valence-corrected chi connectivity index (χ1v) is 4.29. The van der Waals surface area contributed by atoms with Gasteiger partial charge in [-0.2, -0.15) is 5.10 Å². The normalized spacial score (nSPS) is 10.1. The van der Waals surface area contributed by atoms with E-state index in [4.69, 9.17) is 4.74 Å². The van der Waals surface area contributed by atoms with Crippen LogP contribution in [0.2, 0.25) is 0 Å². The smallest absolute Gasteiger partial charge is 0.137 e. The summed E-state index contributed by atoms with van der Waals surface area (Å²) in [6, 6.07) is 5.69. The SMILES string of the molecule is COc1ccc(-c2ccn(C)n2)nc1. The second-order valence-electron chi connectivity index (χ2n) is 2.96. The topological polar surface area (TPSA) is 39.9 Å². The van der Waals surface area contributed by atoms with Crippen LogP contribution in [0.25, 0.3) is 11.4 Å². The lowest BCUT2D eigenvalue weighted by atomic mass is 10.3. The zero-order valence-electron chi connectivity index (χ0n) is 8.14. The molecule has 0 N–H and O–H groups in total. The fraction of sp³-hybridized carbons (Fsp3) is 0.200. The van der Waals surface area contributed by atoms with Crippen molar-refractivity contribution in [2.45, 2.75) is 0 Å². The quantitative estimate of drug-likeness (QED) is 0.718. The number of aromatic nitrogens is 3. The molecule has 4 nitrogen and oxygen atoms in total. The summed E-state index contributed by atoms with van der Waals surface area (Å²) < 4.78 is 6.77. The van der Waals surface area contributed by atoms with Crippen molar-refractivity contribution < 1.29 is 4.74 Å². The molecule has 0 saturated carbocycles. The van der Waals surface area contributed by atoms with Crippen molar-refractivity contribution in [3.8, 4) is 17.1 Å². The first kappa shape index (κ1) is 8.74. The van der Waals surface area contributed by atoms with E-state index in [0.717, 1.165) is 17.1 Å². The number of pyridine rings is 1. The van der Waals surface area contributed by atoms with Gasteiger partial charge in [-0.25, -0.2) is 0 Å². The van der Waals surface area contributed by atoms with E-state index >= 15 is 0 Å². The Balaban J connectivity index is 2.33. The lowest BCUT2D eigenvalue weighted by Crippen LogP contribution is -1.90. The Morgan fingerprint density at radius 2 is 2.07 bits per heavy atom. The van der Waals surface area contributed by atoms with Gasteiger partial charge in [0.25, 0.3) is 0 Å². The van der Waals surface area contributed by atoms with Crippen LogP contribution in [0.1, 0.15) is 0 Å². The molecule has 0 amide bonds. The minimum Gasteiger partial charge on any atom is -0.495 e. The number of methoxy groups -OCH3 is 1. The van der Waals surface area contributed by atoms with Gasteiger partial charge in [-0.15, -0.1) is 0 Å². The van der Waals surface area contributed by atoms with Crippen LogP contribution in [0.3, 0.4) is 0 Å². The molecule has 0 aliphatic rings. The summed E-state index contributed by atoms with van der Waals surface area (Å²) in [5.74, 6) is 0.754. The second-order valence-corrected chi connectivity index (χ2v) is 2.96. The molecule has 0 unspecified atom stereocenters. The summed E-state index contributed by atoms with van der Waals surface area (Å²) in [6.07, 6.45) is 3.57. The van der Waals surface area contributed by atoms with Gasteiger partial charge in [0, 0.05) is 13.2 Å². The molecule has 2 aromatic rings. The van der Waals surface area contributed by atoms with Gasteiger partial charge in [-0.05, 0) is 18.2 Å². The average molecular weight is 189 g/mol. The number of ether oxygens (including phenoxy) is 1. The van der Waals surface area contributed by atoms with E-state index in [1.165, 1.54) is 0 Å². The average Bonchev–Trinajstić information content (AvgIpc) is 2.65. The van der Waals surface area contributed by atoms with Crippen LogP contribution in [-0.2, 0) is 7.05 Å². The monoisotopic (exact) mass is 189 g/mol. The summed E-state index contributed by atoms with van der Waals surface area (Å²) >= 11 is 0. The molecule has 0 aromatic carbocycles. The molecular formula is C10H11N3O. The third-order valence-electron chi connectivity index (χ3n) is 1.95. The highest BCUT2D eigenvalue weighted by atomic mass is 16.5. The van der Waals surface area contributed by atoms with Crippen LogP contribution in [0.5, 0.6) is 5.75 Å². The van der Waals surface area contributed by atoms with Gasteiger partial charge < -0.3 is 4.74 Å². The number of nitrogens with zero attached hydrogens (tertiary/aromatic N) is 3. The standard InChI is InChI=1S/C10H11N3O/c1-13-6-5-10(12-13)9-4-3-8(14-2)7-11-9/h3-7H,1-2H3. The highest BCUT2D eigenvalue weighted by Gasteiger charge is 2.01. The molecule has 2 heterocycles. The van der Waals surface area contributed by atoms with Crippen molar-refractivity contribution in [1.82, 2.24) is 14.8 Å². The minimum atomic E-state index is 0.754. The van der Waals surface area contributed by atoms with Crippen molar-refractivity contribution in [3.05, 3.63) is 30.6 Å². The van der Waals surface area contributed by atoms with Crippen LogP contribution in [0.4, 0.5) is 0 Å². The van der Waals surface area contributed by atoms with E-state index in [0.29, 0.717) is 0 Å². The largest absolute Gasteiger partial charge is 0.495 e. The molecule has 0 bridgehead atoms. The molecule has 72 valence electrons. The van der Waals surface area contributed by atoms with Gasteiger partial charge in [0.15, 0.2) is 0 Å². The van der Waals surface area contributed by atoms with Crippen molar-refractivity contribution >= 4 is 0 Å². The first-order chi connectivity index (χ1) is 6.79. The van der Waals surface area contributed by atoms with Crippen LogP contribution >= 0.6 is 0 Å². The van der Waals surface area contributed by atoms with Crippen LogP contribution in [0.15, 0.2) is 30.6 Å². The Morgan fingerprint density at radius 3 is 2.57 bits per heavy atom. The van der Waals surface area contributed by atoms with E-state index in [2.05, 4.69) is 10.1 Å². The fourth-order valence-electron chi connectivity index (χ4n) is 1.20. The number of hydrogen-bond acceptors (Lipinski definition) is 3. The summed E-state index contributed by atoms with van der Waals surface area (Å²) in [6.45, 7) is 0. The van der Waals surface area contributed by atoms with Gasteiger partial charge >= 0.3 is 0 Å². The molecule has 0 spiro atoms. The predicted molar refractivity (Wildman–Crippen MR) is 53.0 cm³/mol. The van der Waals surface area contributed by atoms with E-state index in [-0.39, 0.29) is 0 Å². The van der Waals surface area contributed by atoms with Gasteiger partial charge in [-0.3, -0.25) is 9.67 Å². The van der Waals surface area contributed by atoms with E-state index in [1.807, 2.05) is 31.4 Å². The minimum absolute atomic E-state index is 0.754. The number of hydrogen-bond donors (Lipinski definition) is 0. The van der Waals surface area contributed by atoms with E-state index in [9.17, 15) is 0 Å². The van der Waals surface area contributed by atoms with Crippen LogP contribution in [-0.4, -0.2) is 21.9 Å². The molecule has 4 heteroatoms. The maximum atomic E-state index is 5.02. The molecular weight excluding hydrogens is 178 g/mol. The Labute approximate surface area is 82.2 Å². The van der Waals surface area contributed by atoms with Gasteiger partial charge in [-0.1, -0.05) is 0 Å². The summed E-state index contributed by atoms with van der Waals surface area (Å²) in [7, 11) is 3.50. The molecule has 0 aliphatic carbocycles. The number of rotatable bonds is 2. The van der Waals surface area contributed by atoms with Crippen molar-refractivity contribution in [3.63, 3.8) is 0 Å². The van der Waals surface area contributed by atoms with E-state index in [1.54, 1.807) is 18.0 Å². The Bertz CT molecular complexity index is 419. The molecule has 2 aromatic heterocycles. The van der Waals surface area contributed by atoms with Crippen molar-refractivity contribution in [1.29, 1.82) is 0 Å². The van der Waals surface area contributed by atoms with E-state index < -0.39 is 0 Å². The second kappa shape index (κ2) is 3.49. The maximum absolute atomic E-state index is 5.02. The molecule has 2 rings (SSSR count). The summed E-state index contributed by atoms with van der Waals surface area (Å²) in [4.78, 5) is 4.23. The zero-order chi connectivity index (χ0) is 9.97. The van der Waals surface area contributed by atoms with Crippen LogP contribution < -0.4 is 4.74 Å². The molecule has 14 heavy (non-hydrogen) atoms. The molecule has 0 saturated heterocycles. The molecule has 0 aliphatic heterocycles. The third-order valence-corrected chi connectivity index (χ3v) is 1.95. The molecule has 0 fully saturated rings. The Morgan fingerprint density at radius 1 is 1.21 bits per heavy atom. The molecule has 0 radical (unpaired) electrons. The van der Waals surface area contributed by atoms with Crippen LogP contribution in [0, 0.1) is 0 Å². The fourth-order valence-corrected chi connectivity index (χ4v) is 1.20. The Kier molecular flexibility index (Phi) is 2.18. The highest BCUT2D eigenvalue weighted by Crippen LogP contribution is 2.16. The van der Waals surface area contributed by atoms with Gasteiger partial charge in [0.2, 0.25) is 0 Å². The maximum Gasteiger partial charge on any atom is 0.137 e. The van der Waals surface area contributed by atoms with Crippen molar-refractivity contribution in [2.24, 2.45) is 7.05 Å². The first-order valence-electron chi connectivity index (χ1n) is 4.29. The van der Waals surface area contributed by atoms with Gasteiger partial charge in [0.1, 0.15) is 11.4 Å². The lowest BCUT2D eigenvalue weighted by Gasteiger charge is -1.99. The summed E-state index contributed by atoms with van der Waals surface area (Å²) in [5, 5.41) is 4.25.